The molecule has 3 nitrogen and oxygen atoms in total. The first kappa shape index (κ1) is 12.0. The minimum absolute atomic E-state index is 0.347. The number of nitrogens with two attached hydrogens (primary N) is 1. The van der Waals surface area contributed by atoms with E-state index in [0.717, 1.165) is 24.5 Å². The van der Waals surface area contributed by atoms with Gasteiger partial charge < -0.3 is 4.42 Å². The standard InChI is InChI=1S/C12H20N2OS/c13-14-11(9-12-2-1-5-15-12)8-10-3-6-16-7-4-10/h1-2,5,10-11,14H,3-4,6-9,13H2. The molecule has 0 saturated carbocycles. The molecule has 2 rings (SSSR count). The van der Waals surface area contributed by atoms with Gasteiger partial charge in [0.05, 0.1) is 6.26 Å². The van der Waals surface area contributed by atoms with Gasteiger partial charge in [0, 0.05) is 12.5 Å². The summed E-state index contributed by atoms with van der Waals surface area (Å²) in [5, 5.41) is 0. The average molecular weight is 240 g/mol. The predicted octanol–water partition coefficient (Wildman–Crippen LogP) is 2.19. The monoisotopic (exact) mass is 240 g/mol. The lowest BCUT2D eigenvalue weighted by atomic mass is 9.93. The van der Waals surface area contributed by atoms with Gasteiger partial charge in [0.1, 0.15) is 5.76 Å². The topological polar surface area (TPSA) is 51.2 Å². The number of thioether (sulfide) groups is 1. The molecular weight excluding hydrogens is 220 g/mol. The third kappa shape index (κ3) is 3.54. The van der Waals surface area contributed by atoms with Crippen LogP contribution in [0.1, 0.15) is 25.0 Å². The lowest BCUT2D eigenvalue weighted by Gasteiger charge is -2.25. The van der Waals surface area contributed by atoms with Gasteiger partial charge in [-0.25, -0.2) is 0 Å². The van der Waals surface area contributed by atoms with Gasteiger partial charge in [-0.15, -0.1) is 0 Å². The zero-order valence-corrected chi connectivity index (χ0v) is 10.3. The third-order valence-electron chi connectivity index (χ3n) is 3.22. The van der Waals surface area contributed by atoms with Crippen molar-refractivity contribution in [2.45, 2.75) is 31.7 Å². The van der Waals surface area contributed by atoms with Crippen molar-refractivity contribution in [3.05, 3.63) is 24.2 Å². The lowest BCUT2D eigenvalue weighted by molar-refractivity contribution is 0.349. The Bertz CT molecular complexity index is 283. The summed E-state index contributed by atoms with van der Waals surface area (Å²) in [6.45, 7) is 0. The van der Waals surface area contributed by atoms with Crippen molar-refractivity contribution in [1.82, 2.24) is 5.43 Å². The molecule has 1 unspecified atom stereocenters. The molecule has 0 radical (unpaired) electrons. The summed E-state index contributed by atoms with van der Waals surface area (Å²) in [6, 6.07) is 4.29. The molecule has 0 amide bonds. The van der Waals surface area contributed by atoms with Gasteiger partial charge in [-0.1, -0.05) is 0 Å². The predicted molar refractivity (Wildman–Crippen MR) is 68.2 cm³/mol. The van der Waals surface area contributed by atoms with E-state index < -0.39 is 0 Å². The highest BCUT2D eigenvalue weighted by Crippen LogP contribution is 2.26. The summed E-state index contributed by atoms with van der Waals surface area (Å²) in [5.41, 5.74) is 2.92. The second-order valence-electron chi connectivity index (χ2n) is 4.44. The fourth-order valence-electron chi connectivity index (χ4n) is 2.27. The molecule has 2 heterocycles. The molecule has 3 N–H and O–H groups in total. The summed E-state index contributed by atoms with van der Waals surface area (Å²) in [4.78, 5) is 0. The van der Waals surface area contributed by atoms with Crippen molar-refractivity contribution in [2.24, 2.45) is 11.8 Å². The van der Waals surface area contributed by atoms with Gasteiger partial charge in [-0.2, -0.15) is 11.8 Å². The van der Waals surface area contributed by atoms with Crippen LogP contribution in [0.3, 0.4) is 0 Å². The molecule has 1 aliphatic heterocycles. The summed E-state index contributed by atoms with van der Waals surface area (Å²) in [6.07, 6.45) is 6.45. The van der Waals surface area contributed by atoms with Crippen molar-refractivity contribution in [2.75, 3.05) is 11.5 Å². The van der Waals surface area contributed by atoms with Crippen molar-refractivity contribution >= 4 is 11.8 Å². The highest BCUT2D eigenvalue weighted by molar-refractivity contribution is 7.99. The van der Waals surface area contributed by atoms with Gasteiger partial charge in [0.25, 0.3) is 0 Å². The van der Waals surface area contributed by atoms with Crippen LogP contribution in [0.4, 0.5) is 0 Å². The zero-order valence-electron chi connectivity index (χ0n) is 9.52. The first-order valence-corrected chi connectivity index (χ1v) is 7.10. The third-order valence-corrected chi connectivity index (χ3v) is 4.27. The first-order valence-electron chi connectivity index (χ1n) is 5.94. The molecule has 0 spiro atoms. The molecule has 0 aromatic carbocycles. The minimum Gasteiger partial charge on any atom is -0.469 e. The van der Waals surface area contributed by atoms with Crippen molar-refractivity contribution < 1.29 is 4.42 Å². The Morgan fingerprint density at radius 3 is 2.94 bits per heavy atom. The van der Waals surface area contributed by atoms with Gasteiger partial charge in [-0.3, -0.25) is 11.3 Å². The van der Waals surface area contributed by atoms with E-state index in [0.29, 0.717) is 6.04 Å². The quantitative estimate of drug-likeness (QED) is 0.612. The van der Waals surface area contributed by atoms with Crippen LogP contribution < -0.4 is 11.3 Å². The number of hydrogen-bond acceptors (Lipinski definition) is 4. The maximum absolute atomic E-state index is 5.61. The molecule has 1 fully saturated rings. The van der Waals surface area contributed by atoms with Crippen LogP contribution in [-0.2, 0) is 6.42 Å². The molecule has 0 aliphatic carbocycles. The SMILES string of the molecule is NNC(Cc1ccco1)CC1CCSCC1. The Labute approximate surface area is 101 Å². The van der Waals surface area contributed by atoms with E-state index in [-0.39, 0.29) is 0 Å². The first-order chi connectivity index (χ1) is 7.88. The summed E-state index contributed by atoms with van der Waals surface area (Å²) in [7, 11) is 0. The van der Waals surface area contributed by atoms with Crippen LogP contribution in [0.25, 0.3) is 0 Å². The summed E-state index contributed by atoms with van der Waals surface area (Å²) in [5.74, 6) is 10.1. The second-order valence-corrected chi connectivity index (χ2v) is 5.66. The largest absolute Gasteiger partial charge is 0.469 e. The Balaban J connectivity index is 1.80. The smallest absolute Gasteiger partial charge is 0.105 e. The normalized spacial score (nSPS) is 19.8. The Morgan fingerprint density at radius 1 is 1.50 bits per heavy atom. The zero-order chi connectivity index (χ0) is 11.2. The molecule has 1 aromatic heterocycles. The van der Waals surface area contributed by atoms with Crippen molar-refractivity contribution in [3.63, 3.8) is 0 Å². The molecule has 1 saturated heterocycles. The molecule has 0 bridgehead atoms. The maximum Gasteiger partial charge on any atom is 0.105 e. The molecule has 90 valence electrons. The van der Waals surface area contributed by atoms with Crippen LogP contribution in [0.15, 0.2) is 22.8 Å². The molecule has 16 heavy (non-hydrogen) atoms. The Hall–Kier alpha value is -0.450. The van der Waals surface area contributed by atoms with Crippen LogP contribution in [0.5, 0.6) is 0 Å². The molecular formula is C12H20N2OS. The van der Waals surface area contributed by atoms with Gasteiger partial charge in [0.15, 0.2) is 0 Å². The highest BCUT2D eigenvalue weighted by atomic mass is 32.2. The Kier molecular flexibility index (Phi) is 4.75. The van der Waals surface area contributed by atoms with Gasteiger partial charge in [-0.05, 0) is 48.8 Å². The second kappa shape index (κ2) is 6.33. The van der Waals surface area contributed by atoms with E-state index in [1.54, 1.807) is 6.26 Å². The summed E-state index contributed by atoms with van der Waals surface area (Å²) < 4.78 is 5.36. The van der Waals surface area contributed by atoms with Crippen LogP contribution >= 0.6 is 11.8 Å². The van der Waals surface area contributed by atoms with Gasteiger partial charge in [0.2, 0.25) is 0 Å². The van der Waals surface area contributed by atoms with E-state index in [1.807, 2.05) is 12.1 Å². The minimum atomic E-state index is 0.347. The fraction of sp³-hybridized carbons (Fsp3) is 0.667. The number of nitrogens with one attached hydrogen (secondary N) is 1. The average Bonchev–Trinajstić information content (AvgIpc) is 2.82. The van der Waals surface area contributed by atoms with Crippen molar-refractivity contribution in [3.8, 4) is 0 Å². The van der Waals surface area contributed by atoms with Crippen LogP contribution in [-0.4, -0.2) is 17.5 Å². The molecule has 1 aliphatic rings. The van der Waals surface area contributed by atoms with E-state index >= 15 is 0 Å². The van der Waals surface area contributed by atoms with Crippen molar-refractivity contribution in [1.29, 1.82) is 0 Å². The maximum atomic E-state index is 5.61. The van der Waals surface area contributed by atoms with Crippen LogP contribution in [0.2, 0.25) is 0 Å². The molecule has 4 heteroatoms. The number of hydrazine groups is 1. The summed E-state index contributed by atoms with van der Waals surface area (Å²) >= 11 is 2.07. The fourth-order valence-corrected chi connectivity index (χ4v) is 3.47. The number of furan rings is 1. The number of hydrogen-bond donors (Lipinski definition) is 2. The molecule has 1 atom stereocenters. The van der Waals surface area contributed by atoms with E-state index in [9.17, 15) is 0 Å². The van der Waals surface area contributed by atoms with E-state index in [1.165, 1.54) is 24.3 Å². The number of rotatable bonds is 5. The highest BCUT2D eigenvalue weighted by Gasteiger charge is 2.19. The van der Waals surface area contributed by atoms with E-state index in [2.05, 4.69) is 17.2 Å². The lowest BCUT2D eigenvalue weighted by Crippen LogP contribution is -2.38. The molecule has 1 aromatic rings. The van der Waals surface area contributed by atoms with Crippen LogP contribution in [0, 0.1) is 5.92 Å². The Morgan fingerprint density at radius 2 is 2.31 bits per heavy atom. The van der Waals surface area contributed by atoms with Gasteiger partial charge >= 0.3 is 0 Å². The van der Waals surface area contributed by atoms with E-state index in [4.69, 9.17) is 10.3 Å².